The highest BCUT2D eigenvalue weighted by molar-refractivity contribution is 6.31. The Morgan fingerprint density at radius 1 is 1.10 bits per heavy atom. The van der Waals surface area contributed by atoms with Crippen molar-refractivity contribution < 1.29 is 19.4 Å². The molecular formula is C15H14ClNO4. The molecule has 1 amide bonds. The molecule has 110 valence electrons. The highest BCUT2D eigenvalue weighted by Crippen LogP contribution is 2.30. The quantitative estimate of drug-likeness (QED) is 0.909. The van der Waals surface area contributed by atoms with Crippen molar-refractivity contribution in [2.45, 2.75) is 0 Å². The first kappa shape index (κ1) is 15.0. The number of carbonyl (C=O) groups excluding carboxylic acids is 1. The minimum Gasteiger partial charge on any atom is -0.504 e. The lowest BCUT2D eigenvalue weighted by Gasteiger charge is -2.11. The molecule has 0 saturated carbocycles. The molecule has 0 spiro atoms. The largest absolute Gasteiger partial charge is 0.504 e. The van der Waals surface area contributed by atoms with E-state index >= 15 is 0 Å². The monoisotopic (exact) mass is 307 g/mol. The average Bonchev–Trinajstić information content (AvgIpc) is 2.47. The summed E-state index contributed by atoms with van der Waals surface area (Å²) in [6, 6.07) is 9.29. The molecule has 2 rings (SSSR count). The molecule has 0 unspecified atom stereocenters. The molecule has 5 nitrogen and oxygen atoms in total. The van der Waals surface area contributed by atoms with E-state index in [1.807, 2.05) is 0 Å². The Morgan fingerprint density at radius 2 is 1.76 bits per heavy atom. The van der Waals surface area contributed by atoms with E-state index in [0.29, 0.717) is 22.2 Å². The molecule has 2 aromatic carbocycles. The molecule has 0 aliphatic rings. The van der Waals surface area contributed by atoms with Crippen LogP contribution in [-0.4, -0.2) is 25.2 Å². The number of halogens is 1. The summed E-state index contributed by atoms with van der Waals surface area (Å²) in [5.41, 5.74) is 0.737. The van der Waals surface area contributed by atoms with Crippen LogP contribution in [-0.2, 0) is 0 Å². The summed E-state index contributed by atoms with van der Waals surface area (Å²) in [5.74, 6) is 0.286. The van der Waals surface area contributed by atoms with Crippen LogP contribution >= 0.6 is 11.6 Å². The summed E-state index contributed by atoms with van der Waals surface area (Å²) < 4.78 is 10.1. The van der Waals surface area contributed by atoms with Crippen molar-refractivity contribution in [2.75, 3.05) is 19.5 Å². The second-order valence-electron chi connectivity index (χ2n) is 4.19. The highest BCUT2D eigenvalue weighted by atomic mass is 35.5. The van der Waals surface area contributed by atoms with E-state index in [9.17, 15) is 9.90 Å². The molecule has 0 fully saturated rings. The van der Waals surface area contributed by atoms with E-state index in [4.69, 9.17) is 21.1 Å². The number of amides is 1. The van der Waals surface area contributed by atoms with Crippen LogP contribution in [0.15, 0.2) is 36.4 Å². The number of ether oxygens (including phenoxy) is 2. The lowest BCUT2D eigenvalue weighted by molar-refractivity contribution is 0.102. The van der Waals surface area contributed by atoms with Gasteiger partial charge in [-0.3, -0.25) is 4.79 Å². The zero-order valence-corrected chi connectivity index (χ0v) is 12.3. The molecule has 0 bridgehead atoms. The maximum atomic E-state index is 12.2. The fraction of sp³-hybridized carbons (Fsp3) is 0.133. The SMILES string of the molecule is COc1ccc(C(=O)Nc2cc(Cl)ccc2OC)cc1O. The van der Waals surface area contributed by atoms with Gasteiger partial charge in [0.05, 0.1) is 19.9 Å². The molecule has 0 radical (unpaired) electrons. The summed E-state index contributed by atoms with van der Waals surface area (Å²) in [4.78, 5) is 12.2. The number of hydrogen-bond acceptors (Lipinski definition) is 4. The average molecular weight is 308 g/mol. The van der Waals surface area contributed by atoms with Gasteiger partial charge in [0.25, 0.3) is 5.91 Å². The number of methoxy groups -OCH3 is 2. The molecule has 21 heavy (non-hydrogen) atoms. The van der Waals surface area contributed by atoms with Gasteiger partial charge in [0.1, 0.15) is 5.75 Å². The third-order valence-electron chi connectivity index (χ3n) is 2.85. The van der Waals surface area contributed by atoms with Gasteiger partial charge < -0.3 is 19.9 Å². The van der Waals surface area contributed by atoms with Crippen molar-refractivity contribution in [2.24, 2.45) is 0 Å². The van der Waals surface area contributed by atoms with E-state index in [0.717, 1.165) is 0 Å². The van der Waals surface area contributed by atoms with Crippen LogP contribution in [0.2, 0.25) is 5.02 Å². The molecule has 0 heterocycles. The number of aromatic hydroxyl groups is 1. The van der Waals surface area contributed by atoms with Crippen molar-refractivity contribution >= 4 is 23.2 Å². The fourth-order valence-electron chi connectivity index (χ4n) is 1.80. The Labute approximate surface area is 127 Å². The number of rotatable bonds is 4. The zero-order valence-electron chi connectivity index (χ0n) is 11.5. The Hall–Kier alpha value is -2.40. The van der Waals surface area contributed by atoms with E-state index in [1.165, 1.54) is 26.4 Å². The van der Waals surface area contributed by atoms with Gasteiger partial charge in [-0.25, -0.2) is 0 Å². The van der Waals surface area contributed by atoms with Crippen molar-refractivity contribution in [3.05, 3.63) is 47.0 Å². The molecule has 0 aromatic heterocycles. The third-order valence-corrected chi connectivity index (χ3v) is 3.09. The standard InChI is InChI=1S/C15H14ClNO4/c1-20-13-6-4-10(16)8-11(13)17-15(19)9-3-5-14(21-2)12(18)7-9/h3-8,18H,1-2H3,(H,17,19). The molecule has 2 N–H and O–H groups in total. The molecule has 0 atom stereocenters. The lowest BCUT2D eigenvalue weighted by atomic mass is 10.2. The molecular weight excluding hydrogens is 294 g/mol. The summed E-state index contributed by atoms with van der Waals surface area (Å²) in [7, 11) is 2.93. The molecule has 0 saturated heterocycles. The third kappa shape index (κ3) is 3.38. The van der Waals surface area contributed by atoms with E-state index in [2.05, 4.69) is 5.32 Å². The minimum atomic E-state index is -0.395. The Morgan fingerprint density at radius 3 is 2.38 bits per heavy atom. The minimum absolute atomic E-state index is 0.108. The van der Waals surface area contributed by atoms with E-state index < -0.39 is 5.91 Å². The molecule has 0 aliphatic heterocycles. The number of phenols is 1. The van der Waals surface area contributed by atoms with Crippen LogP contribution in [0, 0.1) is 0 Å². The number of phenolic OH excluding ortho intramolecular Hbond substituents is 1. The zero-order chi connectivity index (χ0) is 15.4. The first-order chi connectivity index (χ1) is 10.0. The fourth-order valence-corrected chi connectivity index (χ4v) is 1.98. The van der Waals surface area contributed by atoms with Crippen molar-refractivity contribution in [1.29, 1.82) is 0 Å². The van der Waals surface area contributed by atoms with Gasteiger partial charge in [-0.1, -0.05) is 11.6 Å². The van der Waals surface area contributed by atoms with Crippen LogP contribution in [0.3, 0.4) is 0 Å². The number of benzene rings is 2. The summed E-state index contributed by atoms with van der Waals surface area (Å²) in [6.45, 7) is 0. The van der Waals surface area contributed by atoms with Crippen LogP contribution < -0.4 is 14.8 Å². The predicted octanol–water partition coefficient (Wildman–Crippen LogP) is 3.32. The second-order valence-corrected chi connectivity index (χ2v) is 4.62. The van der Waals surface area contributed by atoms with Gasteiger partial charge in [0, 0.05) is 10.6 Å². The van der Waals surface area contributed by atoms with Crippen LogP contribution in [0.25, 0.3) is 0 Å². The van der Waals surface area contributed by atoms with Gasteiger partial charge in [0.15, 0.2) is 11.5 Å². The lowest BCUT2D eigenvalue weighted by Crippen LogP contribution is -2.12. The molecule has 6 heteroatoms. The Kier molecular flexibility index (Phi) is 4.55. The van der Waals surface area contributed by atoms with Crippen molar-refractivity contribution in [3.63, 3.8) is 0 Å². The van der Waals surface area contributed by atoms with Gasteiger partial charge in [-0.2, -0.15) is 0 Å². The highest BCUT2D eigenvalue weighted by Gasteiger charge is 2.12. The molecule has 0 aliphatic carbocycles. The van der Waals surface area contributed by atoms with Crippen molar-refractivity contribution in [3.8, 4) is 17.2 Å². The number of hydrogen-bond donors (Lipinski definition) is 2. The summed E-state index contributed by atoms with van der Waals surface area (Å²) in [6.07, 6.45) is 0. The van der Waals surface area contributed by atoms with Gasteiger partial charge >= 0.3 is 0 Å². The maximum Gasteiger partial charge on any atom is 0.255 e. The number of carbonyl (C=O) groups is 1. The van der Waals surface area contributed by atoms with Gasteiger partial charge in [0.2, 0.25) is 0 Å². The predicted molar refractivity (Wildman–Crippen MR) is 80.6 cm³/mol. The second kappa shape index (κ2) is 6.37. The topological polar surface area (TPSA) is 67.8 Å². The van der Waals surface area contributed by atoms with Gasteiger partial charge in [-0.05, 0) is 36.4 Å². The first-order valence-corrected chi connectivity index (χ1v) is 6.45. The van der Waals surface area contributed by atoms with Crippen LogP contribution in [0.4, 0.5) is 5.69 Å². The first-order valence-electron chi connectivity index (χ1n) is 6.07. The summed E-state index contributed by atoms with van der Waals surface area (Å²) in [5, 5.41) is 12.9. The summed E-state index contributed by atoms with van der Waals surface area (Å²) >= 11 is 5.90. The Bertz CT molecular complexity index is 673. The maximum absolute atomic E-state index is 12.2. The normalized spacial score (nSPS) is 10.0. The van der Waals surface area contributed by atoms with Crippen LogP contribution in [0.5, 0.6) is 17.2 Å². The smallest absolute Gasteiger partial charge is 0.255 e. The van der Waals surface area contributed by atoms with Crippen molar-refractivity contribution in [1.82, 2.24) is 0 Å². The number of anilines is 1. The van der Waals surface area contributed by atoms with Crippen LogP contribution in [0.1, 0.15) is 10.4 Å². The Balaban J connectivity index is 2.26. The van der Waals surface area contributed by atoms with Gasteiger partial charge in [-0.15, -0.1) is 0 Å². The van der Waals surface area contributed by atoms with E-state index in [1.54, 1.807) is 24.3 Å². The van der Waals surface area contributed by atoms with E-state index in [-0.39, 0.29) is 11.3 Å². The molecule has 2 aromatic rings. The number of nitrogens with one attached hydrogen (secondary N) is 1.